The van der Waals surface area contributed by atoms with Crippen LogP contribution in [0.25, 0.3) is 11.2 Å². The minimum Gasteiger partial charge on any atom is -0.460 e. The van der Waals surface area contributed by atoms with Crippen molar-refractivity contribution in [1.29, 1.82) is 0 Å². The third-order valence-electron chi connectivity index (χ3n) is 9.18. The van der Waals surface area contributed by atoms with Gasteiger partial charge in [-0.05, 0) is 93.1 Å². The number of carbonyl (C=O) groups excluding carboxylic acids is 3. The van der Waals surface area contributed by atoms with Gasteiger partial charge in [0, 0.05) is 38.1 Å². The van der Waals surface area contributed by atoms with Crippen LogP contribution in [-0.4, -0.2) is 71.1 Å². The van der Waals surface area contributed by atoms with E-state index >= 15 is 0 Å². The lowest BCUT2D eigenvalue weighted by atomic mass is 9.88. The van der Waals surface area contributed by atoms with Gasteiger partial charge in [0.1, 0.15) is 6.61 Å². The molecule has 5 aromatic rings. The molecular weight excluding hydrogens is 760 g/mol. The first-order valence-corrected chi connectivity index (χ1v) is 19.8. The first-order chi connectivity index (χ1) is 26.9. The van der Waals surface area contributed by atoms with Crippen LogP contribution in [0.1, 0.15) is 60.9 Å². The van der Waals surface area contributed by atoms with Crippen molar-refractivity contribution in [2.45, 2.75) is 57.9 Å². The van der Waals surface area contributed by atoms with Gasteiger partial charge in [-0.15, -0.1) is 0 Å². The van der Waals surface area contributed by atoms with Gasteiger partial charge in [-0.2, -0.15) is 0 Å². The summed E-state index contributed by atoms with van der Waals surface area (Å²) in [6, 6.07) is 15.7. The first-order valence-electron chi connectivity index (χ1n) is 18.0. The molecule has 15 nitrogen and oxygen atoms in total. The summed E-state index contributed by atoms with van der Waals surface area (Å²) in [4.78, 5) is 72.9. The Kier molecular flexibility index (Phi) is 12.2. The van der Waals surface area contributed by atoms with Crippen LogP contribution in [0.15, 0.2) is 87.7 Å². The summed E-state index contributed by atoms with van der Waals surface area (Å²) >= 11 is 6.51. The van der Waals surface area contributed by atoms with Crippen LogP contribution in [-0.2, 0) is 43.7 Å². The molecule has 6 rings (SSSR count). The Morgan fingerprint density at radius 3 is 2.38 bits per heavy atom. The van der Waals surface area contributed by atoms with Crippen LogP contribution in [0.2, 0.25) is 5.02 Å². The molecule has 0 saturated carbocycles. The maximum absolute atomic E-state index is 14.5. The molecular formula is C39H39ClN8O7S. The number of esters is 1. The molecule has 0 unspecified atom stereocenters. The summed E-state index contributed by atoms with van der Waals surface area (Å²) < 4.78 is 33.9. The highest BCUT2D eigenvalue weighted by molar-refractivity contribution is 7.90. The Labute approximate surface area is 327 Å². The lowest BCUT2D eigenvalue weighted by Crippen LogP contribution is -2.35. The van der Waals surface area contributed by atoms with Crippen molar-refractivity contribution < 1.29 is 27.5 Å². The standard InChI is InChI=1S/C39H39ClN8O7S/c1-4-47(5-2)32-18-17-30(27-13-9-10-14-28(27)32)43-34(37(50)44-31-16-15-26(23-29(31)40)56(53,54)46-24(3)49)36-45-35-33(41-19-20-42-35)38(51)48(36)21-22-55-39(52)25-11-7-6-8-12-25/h6-8,11-12,15-20,23H,4-5,9-10,13-14,21-22H2,1-3H3,(H,44,50)(H,46,49)/b43-34-. The summed E-state index contributed by atoms with van der Waals surface area (Å²) in [6.45, 7) is 6.33. The number of nitrogens with one attached hydrogen (secondary N) is 2. The predicted octanol–water partition coefficient (Wildman–Crippen LogP) is 5.01. The van der Waals surface area contributed by atoms with Gasteiger partial charge in [0.05, 0.1) is 33.4 Å². The quantitative estimate of drug-likeness (QED) is 0.120. The highest BCUT2D eigenvalue weighted by atomic mass is 35.5. The van der Waals surface area contributed by atoms with Gasteiger partial charge in [0.25, 0.3) is 21.5 Å². The van der Waals surface area contributed by atoms with Crippen molar-refractivity contribution in [3.63, 3.8) is 0 Å². The summed E-state index contributed by atoms with van der Waals surface area (Å²) in [6.07, 6.45) is 6.11. The number of benzene rings is 3. The fraction of sp³-hybridized carbons (Fsp3) is 0.282. The number of carbonyl (C=O) groups is 3. The molecule has 0 saturated heterocycles. The number of anilines is 2. The summed E-state index contributed by atoms with van der Waals surface area (Å²) in [5, 5.41) is 2.54. The number of sulfonamides is 1. The smallest absolute Gasteiger partial charge is 0.338 e. The Morgan fingerprint density at radius 2 is 1.68 bits per heavy atom. The van der Waals surface area contributed by atoms with Crippen LogP contribution in [0.4, 0.5) is 17.1 Å². The van der Waals surface area contributed by atoms with Crippen molar-refractivity contribution in [2.24, 2.45) is 4.99 Å². The minimum atomic E-state index is -4.23. The fourth-order valence-electron chi connectivity index (χ4n) is 6.54. The Hall–Kier alpha value is -6.00. The molecule has 0 fully saturated rings. The van der Waals surface area contributed by atoms with Gasteiger partial charge >= 0.3 is 5.97 Å². The number of halogens is 1. The number of aromatic nitrogens is 4. The van der Waals surface area contributed by atoms with E-state index in [1.54, 1.807) is 30.3 Å². The highest BCUT2D eigenvalue weighted by Crippen LogP contribution is 2.37. The van der Waals surface area contributed by atoms with Crippen molar-refractivity contribution >= 4 is 73.3 Å². The Bertz CT molecular complexity index is 2520. The molecule has 0 spiro atoms. The molecule has 2 amide bonds. The molecule has 1 aliphatic rings. The Balaban J connectivity index is 1.49. The minimum absolute atomic E-state index is 0.0105. The van der Waals surface area contributed by atoms with E-state index in [0.717, 1.165) is 66.7 Å². The SMILES string of the molecule is CCN(CC)c1ccc(/N=C(\C(=O)Nc2ccc(S(=O)(=O)NC(C)=O)cc2Cl)c2nc3nccnc3c(=O)n2CCOC(=O)c2ccccc2)c2c1CCCC2. The third-order valence-corrected chi connectivity index (χ3v) is 10.9. The van der Waals surface area contributed by atoms with Gasteiger partial charge in [-0.3, -0.25) is 19.0 Å². The lowest BCUT2D eigenvalue weighted by molar-refractivity contribution is -0.117. The number of amides is 2. The van der Waals surface area contributed by atoms with Gasteiger partial charge in [-0.1, -0.05) is 29.8 Å². The zero-order chi connectivity index (χ0) is 40.0. The molecule has 3 aromatic carbocycles. The molecule has 0 aliphatic heterocycles. The maximum atomic E-state index is 14.5. The molecule has 2 aromatic heterocycles. The zero-order valence-electron chi connectivity index (χ0n) is 30.9. The molecule has 56 heavy (non-hydrogen) atoms. The van der Waals surface area contributed by atoms with Crippen LogP contribution < -0.4 is 20.5 Å². The van der Waals surface area contributed by atoms with Gasteiger partial charge in [0.2, 0.25) is 5.91 Å². The van der Waals surface area contributed by atoms with E-state index in [1.165, 1.54) is 24.5 Å². The third kappa shape index (κ3) is 8.61. The number of nitrogens with zero attached hydrogens (tertiary/aromatic N) is 6. The van der Waals surface area contributed by atoms with E-state index in [4.69, 9.17) is 21.3 Å². The van der Waals surface area contributed by atoms with Crippen molar-refractivity contribution in [3.05, 3.63) is 111 Å². The molecule has 0 bridgehead atoms. The largest absolute Gasteiger partial charge is 0.460 e. The van der Waals surface area contributed by atoms with Gasteiger partial charge in [0.15, 0.2) is 22.7 Å². The van der Waals surface area contributed by atoms with Crippen LogP contribution in [0.5, 0.6) is 0 Å². The number of rotatable bonds is 13. The molecule has 0 atom stereocenters. The fourth-order valence-corrected chi connectivity index (χ4v) is 7.84. The van der Waals surface area contributed by atoms with E-state index < -0.39 is 33.4 Å². The molecule has 2 N–H and O–H groups in total. The Morgan fingerprint density at radius 1 is 0.964 bits per heavy atom. The van der Waals surface area contributed by atoms with E-state index in [0.29, 0.717) is 17.7 Å². The average molecular weight is 799 g/mol. The second kappa shape index (κ2) is 17.2. The second-order valence-corrected chi connectivity index (χ2v) is 14.9. The molecule has 290 valence electrons. The first kappa shape index (κ1) is 39.7. The number of fused-ring (bicyclic) bond motifs is 2. The molecule has 2 heterocycles. The monoisotopic (exact) mass is 798 g/mol. The normalized spacial score (nSPS) is 12.8. The van der Waals surface area contributed by atoms with Crippen LogP contribution >= 0.6 is 11.6 Å². The predicted molar refractivity (Wildman–Crippen MR) is 212 cm³/mol. The topological polar surface area (TPSA) is 195 Å². The van der Waals surface area contributed by atoms with E-state index in [1.807, 2.05) is 16.9 Å². The van der Waals surface area contributed by atoms with Crippen LogP contribution in [0.3, 0.4) is 0 Å². The second-order valence-electron chi connectivity index (χ2n) is 12.8. The van der Waals surface area contributed by atoms with Crippen LogP contribution in [0, 0.1) is 0 Å². The molecule has 17 heteroatoms. The molecule has 0 radical (unpaired) electrons. The summed E-state index contributed by atoms with van der Waals surface area (Å²) in [5.74, 6) is -2.43. The van der Waals surface area contributed by atoms with Crippen molar-refractivity contribution in [2.75, 3.05) is 29.9 Å². The summed E-state index contributed by atoms with van der Waals surface area (Å²) in [5.41, 5.74) is 2.93. The number of ether oxygens (including phenoxy) is 1. The van der Waals surface area contributed by atoms with E-state index in [2.05, 4.69) is 39.0 Å². The van der Waals surface area contributed by atoms with Crippen molar-refractivity contribution in [1.82, 2.24) is 24.2 Å². The van der Waals surface area contributed by atoms with Gasteiger partial charge < -0.3 is 15.0 Å². The van der Waals surface area contributed by atoms with Gasteiger partial charge in [-0.25, -0.2) is 37.9 Å². The number of hydrogen-bond acceptors (Lipinski definition) is 12. The lowest BCUT2D eigenvalue weighted by Gasteiger charge is -2.29. The summed E-state index contributed by atoms with van der Waals surface area (Å²) in [7, 11) is -4.23. The number of hydrogen-bond donors (Lipinski definition) is 2. The number of aliphatic imine (C=N–C) groups is 1. The van der Waals surface area contributed by atoms with E-state index in [-0.39, 0.29) is 51.5 Å². The maximum Gasteiger partial charge on any atom is 0.338 e. The van der Waals surface area contributed by atoms with Crippen molar-refractivity contribution in [3.8, 4) is 0 Å². The average Bonchev–Trinajstić information content (AvgIpc) is 3.19. The van der Waals surface area contributed by atoms with E-state index in [9.17, 15) is 27.6 Å². The highest BCUT2D eigenvalue weighted by Gasteiger charge is 2.27. The molecule has 1 aliphatic carbocycles. The zero-order valence-corrected chi connectivity index (χ0v) is 32.5.